The van der Waals surface area contributed by atoms with E-state index in [1.54, 1.807) is 0 Å². The van der Waals surface area contributed by atoms with Crippen molar-refractivity contribution in [3.63, 3.8) is 0 Å². The average molecular weight is 248 g/mol. The summed E-state index contributed by atoms with van der Waals surface area (Å²) in [6.45, 7) is 2.06. The molecule has 17 heavy (non-hydrogen) atoms. The van der Waals surface area contributed by atoms with Gasteiger partial charge in [-0.15, -0.1) is 11.6 Å². The molecule has 0 bridgehead atoms. The molecule has 2 aromatic heterocycles. The van der Waals surface area contributed by atoms with Gasteiger partial charge >= 0.3 is 0 Å². The van der Waals surface area contributed by atoms with E-state index in [1.165, 1.54) is 5.56 Å². The highest BCUT2D eigenvalue weighted by molar-refractivity contribution is 6.26. The molecule has 3 rings (SSSR count). The minimum Gasteiger partial charge on any atom is -0.345 e. The second-order valence-corrected chi connectivity index (χ2v) is 5.72. The molecular formula is C13H14ClN3. The summed E-state index contributed by atoms with van der Waals surface area (Å²) < 4.78 is 0. The number of alkyl halides is 1. The Morgan fingerprint density at radius 2 is 2.18 bits per heavy atom. The van der Waals surface area contributed by atoms with Crippen LogP contribution in [0.1, 0.15) is 36.3 Å². The van der Waals surface area contributed by atoms with Crippen molar-refractivity contribution < 1.29 is 0 Å². The lowest BCUT2D eigenvalue weighted by Gasteiger charge is -1.98. The number of pyridine rings is 1. The molecule has 0 radical (unpaired) electrons. The average Bonchev–Trinajstić information content (AvgIpc) is 2.74. The smallest absolute Gasteiger partial charge is 0.111 e. The van der Waals surface area contributed by atoms with Crippen LogP contribution in [0.15, 0.2) is 30.7 Å². The maximum Gasteiger partial charge on any atom is 0.111 e. The second kappa shape index (κ2) is 3.84. The Bertz CT molecular complexity index is 518. The highest BCUT2D eigenvalue weighted by Crippen LogP contribution is 2.55. The molecule has 1 fully saturated rings. The van der Waals surface area contributed by atoms with Crippen LogP contribution in [0, 0.1) is 0 Å². The van der Waals surface area contributed by atoms with E-state index in [0.29, 0.717) is 5.92 Å². The van der Waals surface area contributed by atoms with Gasteiger partial charge in [0.1, 0.15) is 5.82 Å². The molecule has 2 atom stereocenters. The van der Waals surface area contributed by atoms with Gasteiger partial charge in [0.2, 0.25) is 0 Å². The molecule has 0 spiro atoms. The predicted molar refractivity (Wildman–Crippen MR) is 67.2 cm³/mol. The zero-order valence-electron chi connectivity index (χ0n) is 9.65. The summed E-state index contributed by atoms with van der Waals surface area (Å²) >= 11 is 6.24. The first-order valence-corrected chi connectivity index (χ1v) is 6.14. The predicted octanol–water partition coefficient (Wildman–Crippen LogP) is 2.88. The lowest BCUT2D eigenvalue weighted by atomic mass is 10.1. The third-order valence-electron chi connectivity index (χ3n) is 3.29. The molecule has 0 aromatic carbocycles. The van der Waals surface area contributed by atoms with Crippen LogP contribution in [0.3, 0.4) is 0 Å². The van der Waals surface area contributed by atoms with E-state index in [-0.39, 0.29) is 4.87 Å². The maximum absolute atomic E-state index is 6.24. The molecule has 1 N–H and O–H groups in total. The number of aromatic amines is 1. The summed E-state index contributed by atoms with van der Waals surface area (Å²) in [5, 5.41) is 0. The number of nitrogens with one attached hydrogen (secondary N) is 1. The Balaban J connectivity index is 1.74. The van der Waals surface area contributed by atoms with Crippen molar-refractivity contribution in [2.24, 2.45) is 0 Å². The van der Waals surface area contributed by atoms with Gasteiger partial charge in [0, 0.05) is 36.6 Å². The van der Waals surface area contributed by atoms with Crippen molar-refractivity contribution >= 4 is 11.6 Å². The number of hydrogen-bond acceptors (Lipinski definition) is 2. The summed E-state index contributed by atoms with van der Waals surface area (Å²) in [6, 6.07) is 4.03. The van der Waals surface area contributed by atoms with Gasteiger partial charge in [0.25, 0.3) is 0 Å². The van der Waals surface area contributed by atoms with Crippen molar-refractivity contribution in [3.05, 3.63) is 47.8 Å². The minimum atomic E-state index is -0.0915. The van der Waals surface area contributed by atoms with Gasteiger partial charge in [-0.1, -0.05) is 0 Å². The Kier molecular flexibility index (Phi) is 2.44. The molecular weight excluding hydrogens is 234 g/mol. The van der Waals surface area contributed by atoms with E-state index in [9.17, 15) is 0 Å². The third kappa shape index (κ3) is 2.20. The first kappa shape index (κ1) is 10.8. The van der Waals surface area contributed by atoms with Gasteiger partial charge in [0.15, 0.2) is 0 Å². The fraction of sp³-hybridized carbons (Fsp3) is 0.385. The van der Waals surface area contributed by atoms with Gasteiger partial charge in [-0.25, -0.2) is 4.98 Å². The lowest BCUT2D eigenvalue weighted by molar-refractivity contribution is 0.885. The molecule has 3 nitrogen and oxygen atoms in total. The van der Waals surface area contributed by atoms with Crippen LogP contribution >= 0.6 is 11.6 Å². The maximum atomic E-state index is 6.24. The molecule has 1 aliphatic carbocycles. The third-order valence-corrected chi connectivity index (χ3v) is 3.71. The van der Waals surface area contributed by atoms with Crippen molar-refractivity contribution in [1.29, 1.82) is 0 Å². The number of rotatable bonds is 3. The van der Waals surface area contributed by atoms with Crippen molar-refractivity contribution in [3.8, 4) is 0 Å². The summed E-state index contributed by atoms with van der Waals surface area (Å²) in [7, 11) is 0. The standard InChI is InChI=1S/C13H14ClN3/c1-13(14)7-11(13)12-16-8-10(17-12)6-9-2-4-15-5-3-9/h2-5,8,11H,6-7H2,1H3,(H,16,17). The zero-order valence-corrected chi connectivity index (χ0v) is 10.4. The second-order valence-electron chi connectivity index (χ2n) is 4.86. The van der Waals surface area contributed by atoms with Crippen molar-refractivity contribution in [1.82, 2.24) is 15.0 Å². The Labute approximate surface area is 105 Å². The molecule has 2 aromatic rings. The first-order valence-electron chi connectivity index (χ1n) is 5.77. The molecule has 0 aliphatic heterocycles. The normalized spacial score (nSPS) is 27.1. The van der Waals surface area contributed by atoms with Crippen LogP contribution in [0.25, 0.3) is 0 Å². The van der Waals surface area contributed by atoms with Crippen molar-refractivity contribution in [2.45, 2.75) is 30.6 Å². The van der Waals surface area contributed by atoms with Crippen LogP contribution in [-0.2, 0) is 6.42 Å². The molecule has 1 aliphatic rings. The zero-order chi connectivity index (χ0) is 11.9. The topological polar surface area (TPSA) is 41.6 Å². The van der Waals surface area contributed by atoms with E-state index >= 15 is 0 Å². The number of aromatic nitrogens is 3. The SMILES string of the molecule is CC1(Cl)CC1c1ncc(Cc2ccncc2)[nH]1. The first-order chi connectivity index (χ1) is 8.15. The number of hydrogen-bond donors (Lipinski definition) is 1. The molecule has 0 saturated heterocycles. The van der Waals surface area contributed by atoms with Crippen LogP contribution in [0.5, 0.6) is 0 Å². The molecule has 1 saturated carbocycles. The van der Waals surface area contributed by atoms with E-state index in [0.717, 1.165) is 24.4 Å². The highest BCUT2D eigenvalue weighted by Gasteiger charge is 2.51. The fourth-order valence-electron chi connectivity index (χ4n) is 2.09. The molecule has 4 heteroatoms. The van der Waals surface area contributed by atoms with Gasteiger partial charge < -0.3 is 4.98 Å². The van der Waals surface area contributed by atoms with Gasteiger partial charge in [-0.2, -0.15) is 0 Å². The van der Waals surface area contributed by atoms with Gasteiger partial charge in [-0.05, 0) is 31.0 Å². The van der Waals surface area contributed by atoms with Crippen LogP contribution in [0.2, 0.25) is 0 Å². The van der Waals surface area contributed by atoms with Crippen LogP contribution in [0.4, 0.5) is 0 Å². The number of halogens is 1. The summed E-state index contributed by atoms with van der Waals surface area (Å²) in [6.07, 6.45) is 7.39. The van der Waals surface area contributed by atoms with E-state index < -0.39 is 0 Å². The minimum absolute atomic E-state index is 0.0915. The lowest BCUT2D eigenvalue weighted by Crippen LogP contribution is -1.95. The van der Waals surface area contributed by atoms with E-state index in [2.05, 4.69) is 21.9 Å². The molecule has 88 valence electrons. The van der Waals surface area contributed by atoms with Gasteiger partial charge in [-0.3, -0.25) is 4.98 Å². The molecule has 2 heterocycles. The number of nitrogens with zero attached hydrogens (tertiary/aromatic N) is 2. The van der Waals surface area contributed by atoms with Crippen LogP contribution < -0.4 is 0 Å². The quantitative estimate of drug-likeness (QED) is 0.848. The Hall–Kier alpha value is -1.35. The molecule has 0 amide bonds. The van der Waals surface area contributed by atoms with Gasteiger partial charge in [0.05, 0.1) is 4.87 Å². The monoisotopic (exact) mass is 247 g/mol. The molecule has 2 unspecified atom stereocenters. The van der Waals surface area contributed by atoms with E-state index in [4.69, 9.17) is 11.6 Å². The highest BCUT2D eigenvalue weighted by atomic mass is 35.5. The summed E-state index contributed by atoms with van der Waals surface area (Å²) in [4.78, 5) is 11.7. The summed E-state index contributed by atoms with van der Waals surface area (Å²) in [5.41, 5.74) is 2.37. The number of imidazole rings is 1. The fourth-order valence-corrected chi connectivity index (χ4v) is 2.34. The Morgan fingerprint density at radius 1 is 1.47 bits per heavy atom. The summed E-state index contributed by atoms with van der Waals surface area (Å²) in [5.74, 6) is 1.40. The largest absolute Gasteiger partial charge is 0.345 e. The number of H-pyrrole nitrogens is 1. The van der Waals surface area contributed by atoms with E-state index in [1.807, 2.05) is 30.7 Å². The Morgan fingerprint density at radius 3 is 2.82 bits per heavy atom. The van der Waals surface area contributed by atoms with Crippen molar-refractivity contribution in [2.75, 3.05) is 0 Å². The van der Waals surface area contributed by atoms with Crippen LogP contribution in [-0.4, -0.2) is 19.8 Å².